The summed E-state index contributed by atoms with van der Waals surface area (Å²) in [4.78, 5) is 2.14. The third-order valence-electron chi connectivity index (χ3n) is 6.71. The van der Waals surface area contributed by atoms with Gasteiger partial charge in [0.1, 0.15) is 18.2 Å². The van der Waals surface area contributed by atoms with Crippen LogP contribution in [-0.4, -0.2) is 74.8 Å². The van der Waals surface area contributed by atoms with E-state index in [0.717, 1.165) is 17.2 Å². The van der Waals surface area contributed by atoms with E-state index in [1.54, 1.807) is 28.7 Å². The van der Waals surface area contributed by atoms with Crippen LogP contribution >= 0.6 is 0 Å². The summed E-state index contributed by atoms with van der Waals surface area (Å²) in [6.45, 7) is 8.53. The standard InChI is InChI=1S/C24H38N6O4SSi/c1-27-12-11-22(26-27)29-13-9-20(10-14-29)35(31,32)30(18-34-15-16-36(4,5)6)24-21(33-3)8-7-19-17-25-28(2)23(19)24/h7-8,11-12,17,20H,9-10,13-16,18H2,1-6H3. The molecule has 10 nitrogen and oxygen atoms in total. The lowest BCUT2D eigenvalue weighted by Crippen LogP contribution is -2.46. The van der Waals surface area contributed by atoms with Crippen molar-refractivity contribution in [1.29, 1.82) is 0 Å². The lowest BCUT2D eigenvalue weighted by atomic mass is 10.1. The molecule has 1 aliphatic rings. The summed E-state index contributed by atoms with van der Waals surface area (Å²) in [5.74, 6) is 1.36. The highest BCUT2D eigenvalue weighted by molar-refractivity contribution is 7.93. The highest BCUT2D eigenvalue weighted by Gasteiger charge is 2.38. The van der Waals surface area contributed by atoms with Gasteiger partial charge in [-0.05, 0) is 31.0 Å². The van der Waals surface area contributed by atoms with Gasteiger partial charge in [0.05, 0.1) is 24.1 Å². The zero-order valence-electron chi connectivity index (χ0n) is 22.1. The first kappa shape index (κ1) is 26.5. The van der Waals surface area contributed by atoms with Crippen molar-refractivity contribution in [2.75, 3.05) is 42.7 Å². The minimum absolute atomic E-state index is 0.0616. The Labute approximate surface area is 214 Å². The van der Waals surface area contributed by atoms with Gasteiger partial charge >= 0.3 is 0 Å². The zero-order valence-corrected chi connectivity index (χ0v) is 24.0. The molecule has 12 heteroatoms. The normalized spacial score (nSPS) is 15.6. The minimum Gasteiger partial charge on any atom is -0.494 e. The van der Waals surface area contributed by atoms with Gasteiger partial charge in [-0.1, -0.05) is 19.6 Å². The summed E-state index contributed by atoms with van der Waals surface area (Å²) in [7, 11) is 0.158. The number of piperidine rings is 1. The van der Waals surface area contributed by atoms with Crippen molar-refractivity contribution < 1.29 is 17.9 Å². The van der Waals surface area contributed by atoms with Gasteiger partial charge < -0.3 is 14.4 Å². The van der Waals surface area contributed by atoms with Crippen molar-refractivity contribution in [3.63, 3.8) is 0 Å². The Hall–Kier alpha value is -2.57. The monoisotopic (exact) mass is 534 g/mol. The Morgan fingerprint density at radius 2 is 1.86 bits per heavy atom. The summed E-state index contributed by atoms with van der Waals surface area (Å²) in [6, 6.07) is 6.61. The Morgan fingerprint density at radius 3 is 2.47 bits per heavy atom. The lowest BCUT2D eigenvalue weighted by molar-refractivity contribution is 0.156. The SMILES string of the molecule is COc1ccc2cnn(C)c2c1N(COCC[Si](C)(C)C)S(=O)(=O)C1CCN(c2ccn(C)n2)CC1. The zero-order chi connectivity index (χ0) is 26.1. The van der Waals surface area contributed by atoms with Gasteiger partial charge in [-0.25, -0.2) is 12.7 Å². The molecule has 1 aliphatic heterocycles. The quantitative estimate of drug-likeness (QED) is 0.223. The van der Waals surface area contributed by atoms with E-state index < -0.39 is 23.3 Å². The van der Waals surface area contributed by atoms with Crippen LogP contribution in [0, 0.1) is 0 Å². The van der Waals surface area contributed by atoms with Crippen LogP contribution in [0.5, 0.6) is 5.75 Å². The number of fused-ring (bicyclic) bond motifs is 1. The maximum atomic E-state index is 14.2. The number of ether oxygens (including phenoxy) is 2. The average Bonchev–Trinajstić information content (AvgIpc) is 3.43. The van der Waals surface area contributed by atoms with E-state index >= 15 is 0 Å². The lowest BCUT2D eigenvalue weighted by Gasteiger charge is -2.35. The third-order valence-corrected chi connectivity index (χ3v) is 10.6. The number of rotatable bonds is 10. The first-order valence-electron chi connectivity index (χ1n) is 12.3. The molecule has 0 saturated carbocycles. The first-order valence-corrected chi connectivity index (χ1v) is 17.5. The van der Waals surface area contributed by atoms with Crippen molar-refractivity contribution in [1.82, 2.24) is 19.6 Å². The molecule has 3 heterocycles. The van der Waals surface area contributed by atoms with Crippen LogP contribution in [0.15, 0.2) is 30.6 Å². The largest absolute Gasteiger partial charge is 0.494 e. The van der Waals surface area contributed by atoms with E-state index in [1.165, 1.54) is 4.31 Å². The summed E-state index contributed by atoms with van der Waals surface area (Å²) in [5, 5.41) is 9.16. The molecular weight excluding hydrogens is 496 g/mol. The molecular formula is C24H38N6O4SSi. The second-order valence-electron chi connectivity index (χ2n) is 10.6. The van der Waals surface area contributed by atoms with E-state index in [4.69, 9.17) is 9.47 Å². The predicted molar refractivity (Wildman–Crippen MR) is 146 cm³/mol. The van der Waals surface area contributed by atoms with Crippen LogP contribution in [0.25, 0.3) is 10.9 Å². The van der Waals surface area contributed by atoms with Gasteiger partial charge in [-0.15, -0.1) is 0 Å². The van der Waals surface area contributed by atoms with E-state index in [1.807, 2.05) is 32.4 Å². The Kier molecular flexibility index (Phi) is 7.67. The molecule has 1 fully saturated rings. The summed E-state index contributed by atoms with van der Waals surface area (Å²) < 4.78 is 45.0. The molecule has 0 amide bonds. The molecule has 0 radical (unpaired) electrons. The number of aryl methyl sites for hydroxylation is 2. The molecule has 36 heavy (non-hydrogen) atoms. The van der Waals surface area contributed by atoms with Gasteiger partial charge in [0.25, 0.3) is 0 Å². The molecule has 2 aromatic heterocycles. The van der Waals surface area contributed by atoms with Crippen LogP contribution < -0.4 is 13.9 Å². The van der Waals surface area contributed by atoms with Gasteiger partial charge in [0.2, 0.25) is 10.0 Å². The van der Waals surface area contributed by atoms with Crippen molar-refractivity contribution in [3.8, 4) is 5.75 Å². The molecule has 1 saturated heterocycles. The van der Waals surface area contributed by atoms with Crippen LogP contribution in [0.3, 0.4) is 0 Å². The van der Waals surface area contributed by atoms with Gasteiger partial charge in [-0.2, -0.15) is 10.2 Å². The number of anilines is 2. The van der Waals surface area contributed by atoms with E-state index in [0.29, 0.717) is 49.5 Å². The maximum Gasteiger partial charge on any atom is 0.240 e. The summed E-state index contributed by atoms with van der Waals surface area (Å²) in [6.07, 6.45) is 4.65. The number of aromatic nitrogens is 4. The van der Waals surface area contributed by atoms with Crippen molar-refractivity contribution in [3.05, 3.63) is 30.6 Å². The highest BCUT2D eigenvalue weighted by Crippen LogP contribution is 2.39. The number of methoxy groups -OCH3 is 1. The third kappa shape index (κ3) is 5.55. The number of sulfonamides is 1. The van der Waals surface area contributed by atoms with Crippen LogP contribution in [0.4, 0.5) is 11.5 Å². The number of nitrogens with zero attached hydrogens (tertiary/aromatic N) is 6. The molecule has 0 unspecified atom stereocenters. The average molecular weight is 535 g/mol. The number of hydrogen-bond acceptors (Lipinski definition) is 7. The van der Waals surface area contributed by atoms with Crippen molar-refractivity contribution in [2.45, 2.75) is 43.8 Å². The minimum atomic E-state index is -3.77. The smallest absolute Gasteiger partial charge is 0.240 e. The van der Waals surface area contributed by atoms with Gasteiger partial charge in [0, 0.05) is 59.5 Å². The van der Waals surface area contributed by atoms with Crippen LogP contribution in [0.1, 0.15) is 12.8 Å². The molecule has 0 spiro atoms. The van der Waals surface area contributed by atoms with Gasteiger partial charge in [-0.3, -0.25) is 9.36 Å². The first-order chi connectivity index (χ1) is 17.0. The second kappa shape index (κ2) is 10.4. The Morgan fingerprint density at radius 1 is 1.14 bits per heavy atom. The molecule has 0 bridgehead atoms. The fourth-order valence-electron chi connectivity index (χ4n) is 4.56. The number of benzene rings is 1. The van der Waals surface area contributed by atoms with Gasteiger partial charge in [0.15, 0.2) is 5.82 Å². The highest BCUT2D eigenvalue weighted by atomic mass is 32.2. The topological polar surface area (TPSA) is 94.7 Å². The molecule has 0 aliphatic carbocycles. The second-order valence-corrected chi connectivity index (χ2v) is 18.4. The molecule has 3 aromatic rings. The van der Waals surface area contributed by atoms with E-state index in [9.17, 15) is 8.42 Å². The summed E-state index contributed by atoms with van der Waals surface area (Å²) >= 11 is 0. The van der Waals surface area contributed by atoms with Crippen molar-refractivity contribution >= 4 is 40.5 Å². The predicted octanol–water partition coefficient (Wildman–Crippen LogP) is 3.43. The Balaban J connectivity index is 1.65. The fraction of sp³-hybridized carbons (Fsp3) is 0.583. The van der Waals surface area contributed by atoms with E-state index in [2.05, 4.69) is 34.7 Å². The number of hydrogen-bond donors (Lipinski definition) is 0. The maximum absolute atomic E-state index is 14.2. The Bertz CT molecular complexity index is 1290. The van der Waals surface area contributed by atoms with E-state index in [-0.39, 0.29) is 6.73 Å². The van der Waals surface area contributed by atoms with Crippen LogP contribution in [-0.2, 0) is 28.9 Å². The summed E-state index contributed by atoms with van der Waals surface area (Å²) in [5.41, 5.74) is 1.19. The molecule has 0 atom stereocenters. The molecule has 1 aromatic carbocycles. The van der Waals surface area contributed by atoms with Crippen LogP contribution in [0.2, 0.25) is 25.7 Å². The molecule has 198 valence electrons. The molecule has 4 rings (SSSR count). The molecule has 0 N–H and O–H groups in total. The fourth-order valence-corrected chi connectivity index (χ4v) is 7.13. The van der Waals surface area contributed by atoms with Crippen molar-refractivity contribution in [2.24, 2.45) is 14.1 Å².